The van der Waals surface area contributed by atoms with Crippen LogP contribution in [0, 0.1) is 0 Å². The van der Waals surface area contributed by atoms with E-state index in [4.69, 9.17) is 4.74 Å². The van der Waals surface area contributed by atoms with Crippen LogP contribution < -0.4 is 16.0 Å². The maximum absolute atomic E-state index is 12.1. The van der Waals surface area contributed by atoms with Crippen LogP contribution in [-0.4, -0.2) is 30.1 Å². The van der Waals surface area contributed by atoms with Crippen LogP contribution in [0.15, 0.2) is 59.1 Å². The maximum Gasteiger partial charge on any atom is 0.407 e. The van der Waals surface area contributed by atoms with Crippen LogP contribution in [0.25, 0.3) is 6.08 Å². The first-order valence-corrected chi connectivity index (χ1v) is 11.0. The van der Waals surface area contributed by atoms with E-state index in [0.717, 1.165) is 15.6 Å². The Balaban J connectivity index is 1.70. The van der Waals surface area contributed by atoms with Crippen molar-refractivity contribution >= 4 is 45.6 Å². The molecule has 32 heavy (non-hydrogen) atoms. The summed E-state index contributed by atoms with van der Waals surface area (Å²) < 4.78 is 6.09. The normalized spacial score (nSPS) is 11.1. The van der Waals surface area contributed by atoms with E-state index >= 15 is 0 Å². The number of benzene rings is 2. The van der Waals surface area contributed by atoms with Crippen LogP contribution in [0.3, 0.4) is 0 Å². The lowest BCUT2D eigenvalue weighted by atomic mass is 10.2. The zero-order chi connectivity index (χ0) is 23.6. The van der Waals surface area contributed by atoms with Crippen LogP contribution in [-0.2, 0) is 20.9 Å². The van der Waals surface area contributed by atoms with Crippen molar-refractivity contribution in [1.82, 2.24) is 10.6 Å². The number of alkyl carbamates (subject to hydrolysis) is 1. The summed E-state index contributed by atoms with van der Waals surface area (Å²) in [7, 11) is 0. The third kappa shape index (κ3) is 10.3. The predicted molar refractivity (Wildman–Crippen MR) is 129 cm³/mol. The summed E-state index contributed by atoms with van der Waals surface area (Å²) in [6.07, 6.45) is 2.82. The fraction of sp³-hybridized carbons (Fsp3) is 0.292. The van der Waals surface area contributed by atoms with Gasteiger partial charge in [-0.3, -0.25) is 9.59 Å². The van der Waals surface area contributed by atoms with Crippen LogP contribution in [0.2, 0.25) is 0 Å². The Hall–Kier alpha value is -3.13. The molecule has 0 aliphatic carbocycles. The van der Waals surface area contributed by atoms with Crippen LogP contribution in [0.5, 0.6) is 0 Å². The number of hydrogen-bond donors (Lipinski definition) is 3. The summed E-state index contributed by atoms with van der Waals surface area (Å²) in [6, 6.07) is 14.8. The number of nitrogens with one attached hydrogen (secondary N) is 3. The van der Waals surface area contributed by atoms with E-state index in [2.05, 4.69) is 31.9 Å². The highest BCUT2D eigenvalue weighted by Gasteiger charge is 2.15. The van der Waals surface area contributed by atoms with Gasteiger partial charge in [0.25, 0.3) is 0 Å². The number of halogens is 1. The monoisotopic (exact) mass is 501 g/mol. The Bertz CT molecular complexity index is 949. The Labute approximate surface area is 196 Å². The molecule has 0 bridgehead atoms. The molecule has 0 spiro atoms. The minimum absolute atomic E-state index is 0.151. The molecule has 0 saturated carbocycles. The van der Waals surface area contributed by atoms with E-state index < -0.39 is 11.7 Å². The van der Waals surface area contributed by atoms with E-state index in [1.54, 1.807) is 39.0 Å². The van der Waals surface area contributed by atoms with Gasteiger partial charge in [0.15, 0.2) is 0 Å². The first kappa shape index (κ1) is 25.1. The van der Waals surface area contributed by atoms with Gasteiger partial charge >= 0.3 is 6.09 Å². The molecule has 0 aliphatic heterocycles. The van der Waals surface area contributed by atoms with Gasteiger partial charge < -0.3 is 20.7 Å². The van der Waals surface area contributed by atoms with Crippen molar-refractivity contribution in [2.24, 2.45) is 0 Å². The molecule has 0 atom stereocenters. The third-order valence-electron chi connectivity index (χ3n) is 4.03. The summed E-state index contributed by atoms with van der Waals surface area (Å²) in [5.74, 6) is -0.414. The molecule has 0 heterocycles. The van der Waals surface area contributed by atoms with Crippen molar-refractivity contribution in [1.29, 1.82) is 0 Å². The molecular weight excluding hydrogens is 474 g/mol. The maximum atomic E-state index is 12.1. The molecule has 3 N–H and O–H groups in total. The van der Waals surface area contributed by atoms with Crippen molar-refractivity contribution in [3.05, 3.63) is 70.2 Å². The topological polar surface area (TPSA) is 96.5 Å². The number of carbonyl (C=O) groups excluding carboxylic acids is 3. The molecule has 0 radical (unpaired) electrons. The zero-order valence-corrected chi connectivity index (χ0v) is 20.0. The minimum Gasteiger partial charge on any atom is -0.444 e. The average molecular weight is 502 g/mol. The summed E-state index contributed by atoms with van der Waals surface area (Å²) in [5.41, 5.74) is 1.90. The van der Waals surface area contributed by atoms with Crippen LogP contribution in [0.4, 0.5) is 10.5 Å². The highest BCUT2D eigenvalue weighted by atomic mass is 79.9. The van der Waals surface area contributed by atoms with Gasteiger partial charge in [-0.25, -0.2) is 4.79 Å². The SMILES string of the molecule is CC(C)(C)OC(=O)NCCC(=O)NCc1ccc(NC(=O)/C=C/c2ccc(Br)cc2)cc1. The largest absolute Gasteiger partial charge is 0.444 e. The first-order valence-electron chi connectivity index (χ1n) is 10.2. The molecule has 0 saturated heterocycles. The summed E-state index contributed by atoms with van der Waals surface area (Å²) in [4.78, 5) is 35.6. The molecule has 8 heteroatoms. The first-order chi connectivity index (χ1) is 15.1. The fourth-order valence-corrected chi connectivity index (χ4v) is 2.78. The summed E-state index contributed by atoms with van der Waals surface area (Å²) in [6.45, 7) is 5.87. The molecule has 2 aromatic carbocycles. The molecular formula is C24H28BrN3O4. The Kier molecular flexibility index (Phi) is 9.46. The van der Waals surface area contributed by atoms with Crippen molar-refractivity contribution in [3.63, 3.8) is 0 Å². The number of rotatable bonds is 8. The summed E-state index contributed by atoms with van der Waals surface area (Å²) >= 11 is 3.37. The Morgan fingerprint density at radius 2 is 1.62 bits per heavy atom. The van der Waals surface area contributed by atoms with Gasteiger partial charge in [0.2, 0.25) is 11.8 Å². The van der Waals surface area contributed by atoms with Gasteiger partial charge in [-0.1, -0.05) is 40.2 Å². The van der Waals surface area contributed by atoms with E-state index in [-0.39, 0.29) is 24.8 Å². The Morgan fingerprint density at radius 3 is 2.25 bits per heavy atom. The van der Waals surface area contributed by atoms with E-state index in [9.17, 15) is 14.4 Å². The predicted octanol–water partition coefficient (Wildman–Crippen LogP) is 4.63. The molecule has 2 rings (SSSR count). The number of hydrogen-bond acceptors (Lipinski definition) is 4. The van der Waals surface area contributed by atoms with Gasteiger partial charge in [0.1, 0.15) is 5.60 Å². The van der Waals surface area contributed by atoms with Gasteiger partial charge in [-0.15, -0.1) is 0 Å². The highest BCUT2D eigenvalue weighted by molar-refractivity contribution is 9.10. The number of ether oxygens (including phenoxy) is 1. The quantitative estimate of drug-likeness (QED) is 0.459. The van der Waals surface area contributed by atoms with Crippen molar-refractivity contribution < 1.29 is 19.1 Å². The van der Waals surface area contributed by atoms with E-state index in [1.807, 2.05) is 36.4 Å². The fourth-order valence-electron chi connectivity index (χ4n) is 2.52. The molecule has 0 aromatic heterocycles. The molecule has 0 unspecified atom stereocenters. The van der Waals surface area contributed by atoms with Gasteiger partial charge in [0, 0.05) is 35.7 Å². The minimum atomic E-state index is -0.576. The standard InChI is InChI=1S/C24H28BrN3O4/c1-24(2,3)32-23(31)26-15-14-21(29)27-16-18-6-11-20(12-7-18)28-22(30)13-8-17-4-9-19(25)10-5-17/h4-13H,14-16H2,1-3H3,(H,26,31)(H,27,29)(H,28,30)/b13-8+. The number of anilines is 1. The molecule has 0 fully saturated rings. The second kappa shape index (κ2) is 12.0. The van der Waals surface area contributed by atoms with Gasteiger partial charge in [-0.05, 0) is 62.2 Å². The lowest BCUT2D eigenvalue weighted by Crippen LogP contribution is -2.35. The van der Waals surface area contributed by atoms with E-state index in [0.29, 0.717) is 12.2 Å². The molecule has 7 nitrogen and oxygen atoms in total. The van der Waals surface area contributed by atoms with Gasteiger partial charge in [0.05, 0.1) is 0 Å². The molecule has 3 amide bonds. The highest BCUT2D eigenvalue weighted by Crippen LogP contribution is 2.13. The second-order valence-corrected chi connectivity index (χ2v) is 8.94. The van der Waals surface area contributed by atoms with Crippen LogP contribution >= 0.6 is 15.9 Å². The third-order valence-corrected chi connectivity index (χ3v) is 4.56. The van der Waals surface area contributed by atoms with Crippen molar-refractivity contribution in [3.8, 4) is 0 Å². The number of carbonyl (C=O) groups is 3. The molecule has 0 aliphatic rings. The van der Waals surface area contributed by atoms with E-state index in [1.165, 1.54) is 6.08 Å². The lowest BCUT2D eigenvalue weighted by molar-refractivity contribution is -0.121. The van der Waals surface area contributed by atoms with Crippen molar-refractivity contribution in [2.75, 3.05) is 11.9 Å². The summed E-state index contributed by atoms with van der Waals surface area (Å²) in [5, 5.41) is 8.13. The smallest absolute Gasteiger partial charge is 0.407 e. The van der Waals surface area contributed by atoms with Gasteiger partial charge in [-0.2, -0.15) is 0 Å². The average Bonchev–Trinajstić information content (AvgIpc) is 2.71. The Morgan fingerprint density at radius 1 is 0.969 bits per heavy atom. The lowest BCUT2D eigenvalue weighted by Gasteiger charge is -2.19. The number of amides is 3. The van der Waals surface area contributed by atoms with Crippen LogP contribution in [0.1, 0.15) is 38.3 Å². The second-order valence-electron chi connectivity index (χ2n) is 8.03. The molecule has 170 valence electrons. The molecule has 2 aromatic rings. The van der Waals surface area contributed by atoms with Crippen molar-refractivity contribution in [2.45, 2.75) is 39.3 Å². The zero-order valence-electron chi connectivity index (χ0n) is 18.4.